The van der Waals surface area contributed by atoms with Crippen LogP contribution in [0.4, 0.5) is 0 Å². The molecule has 2 unspecified atom stereocenters. The van der Waals surface area contributed by atoms with Crippen LogP contribution in [0.25, 0.3) is 0 Å². The quantitative estimate of drug-likeness (QED) is 0.322. The minimum absolute atomic E-state index is 0. The fraction of sp³-hybridized carbons (Fsp3) is 1.00. The van der Waals surface area contributed by atoms with E-state index in [1.807, 2.05) is 0 Å². The van der Waals surface area contributed by atoms with Crippen LogP contribution in [-0.2, 0) is 0 Å². The van der Waals surface area contributed by atoms with Gasteiger partial charge in [0.1, 0.15) is 0 Å². The second-order valence-electron chi connectivity index (χ2n) is 5.30. The molecule has 0 bridgehead atoms. The molecular formula is C15H37ClNP. The van der Waals surface area contributed by atoms with Gasteiger partial charge in [-0.2, -0.15) is 0 Å². The first-order valence-corrected chi connectivity index (χ1v) is 8.19. The van der Waals surface area contributed by atoms with Crippen molar-refractivity contribution < 1.29 is 0 Å². The molecular weight excluding hydrogens is 261 g/mol. The summed E-state index contributed by atoms with van der Waals surface area (Å²) in [5, 5.41) is 0. The Labute approximate surface area is 124 Å². The molecule has 0 aliphatic carbocycles. The summed E-state index contributed by atoms with van der Waals surface area (Å²) in [6.45, 7) is 4.58. The van der Waals surface area contributed by atoms with Crippen molar-refractivity contribution in [2.45, 2.75) is 96.6 Å². The largest absolute Gasteiger partial charge is 0.344 e. The van der Waals surface area contributed by atoms with Gasteiger partial charge >= 0.3 is 0 Å². The summed E-state index contributed by atoms with van der Waals surface area (Å²) < 4.78 is 0. The van der Waals surface area contributed by atoms with Crippen molar-refractivity contribution in [3.05, 3.63) is 0 Å². The van der Waals surface area contributed by atoms with Gasteiger partial charge in [-0.25, -0.2) is 0 Å². The summed E-state index contributed by atoms with van der Waals surface area (Å²) in [6, 6.07) is 0. The van der Waals surface area contributed by atoms with E-state index in [2.05, 4.69) is 23.1 Å². The van der Waals surface area contributed by atoms with Crippen molar-refractivity contribution in [3.63, 3.8) is 0 Å². The normalized spacial score (nSPS) is 11.5. The molecule has 3 N–H and O–H groups in total. The maximum atomic E-state index is 2.89. The molecule has 3 heteroatoms. The molecule has 0 aromatic carbocycles. The van der Waals surface area contributed by atoms with Gasteiger partial charge in [-0.1, -0.05) is 84.5 Å². The first-order chi connectivity index (χ1) is 7.77. The van der Waals surface area contributed by atoms with Crippen LogP contribution in [0.5, 0.6) is 0 Å². The van der Waals surface area contributed by atoms with E-state index in [9.17, 15) is 0 Å². The standard InChI is InChI=1S/C15H33P.ClH.H3N/c1-3-4-5-6-7-8-9-10-11-12-13-14-15(2)16;;/h15H,3-14,16H2,1-2H3;1H;1H3. The summed E-state index contributed by atoms with van der Waals surface area (Å²) in [5.74, 6) is 0. The van der Waals surface area contributed by atoms with E-state index in [0.717, 1.165) is 5.66 Å². The lowest BCUT2D eigenvalue weighted by Crippen LogP contribution is -1.89. The summed E-state index contributed by atoms with van der Waals surface area (Å²) in [4.78, 5) is 0. The van der Waals surface area contributed by atoms with Crippen LogP contribution < -0.4 is 6.15 Å². The third-order valence-corrected chi connectivity index (χ3v) is 3.60. The molecule has 0 aliphatic heterocycles. The highest BCUT2D eigenvalue weighted by Gasteiger charge is 1.95. The Bertz CT molecular complexity index is 132. The molecule has 0 amide bonds. The van der Waals surface area contributed by atoms with Gasteiger partial charge in [-0.3, -0.25) is 0 Å². The molecule has 114 valence electrons. The molecule has 0 heterocycles. The van der Waals surface area contributed by atoms with Crippen LogP contribution >= 0.6 is 21.6 Å². The molecule has 1 nitrogen and oxygen atoms in total. The minimum atomic E-state index is 0. The molecule has 0 aromatic rings. The molecule has 0 saturated heterocycles. The zero-order valence-corrected chi connectivity index (χ0v) is 14.7. The highest BCUT2D eigenvalue weighted by atomic mass is 35.5. The van der Waals surface area contributed by atoms with Crippen molar-refractivity contribution in [1.29, 1.82) is 0 Å². The molecule has 18 heavy (non-hydrogen) atoms. The van der Waals surface area contributed by atoms with Gasteiger partial charge in [-0.15, -0.1) is 21.6 Å². The first kappa shape index (κ1) is 23.7. The lowest BCUT2D eigenvalue weighted by Gasteiger charge is -2.04. The smallest absolute Gasteiger partial charge is 0.0293 e. The van der Waals surface area contributed by atoms with Gasteiger partial charge < -0.3 is 6.15 Å². The minimum Gasteiger partial charge on any atom is -0.344 e. The summed E-state index contributed by atoms with van der Waals surface area (Å²) in [6.07, 6.45) is 17.4. The average Bonchev–Trinajstić information content (AvgIpc) is 2.25. The van der Waals surface area contributed by atoms with Crippen LogP contribution in [0.3, 0.4) is 0 Å². The highest BCUT2D eigenvalue weighted by molar-refractivity contribution is 7.17. The molecule has 0 saturated carbocycles. The number of hydrogen-bond acceptors (Lipinski definition) is 1. The van der Waals surface area contributed by atoms with Gasteiger partial charge in [0, 0.05) is 0 Å². The SMILES string of the molecule is CCCCCCCCCCCCCC(C)P.Cl.N. The van der Waals surface area contributed by atoms with Crippen LogP contribution in [0.1, 0.15) is 90.9 Å². The van der Waals surface area contributed by atoms with Gasteiger partial charge in [0.25, 0.3) is 0 Å². The molecule has 0 aliphatic rings. The maximum absolute atomic E-state index is 2.89. The monoisotopic (exact) mass is 297 g/mol. The Morgan fingerprint density at radius 3 is 1.39 bits per heavy atom. The lowest BCUT2D eigenvalue weighted by atomic mass is 10.0. The van der Waals surface area contributed by atoms with E-state index in [-0.39, 0.29) is 18.6 Å². The first-order valence-electron chi connectivity index (χ1n) is 7.53. The van der Waals surface area contributed by atoms with E-state index in [1.54, 1.807) is 0 Å². The summed E-state index contributed by atoms with van der Waals surface area (Å²) in [7, 11) is 2.89. The molecule has 0 fully saturated rings. The zero-order valence-electron chi connectivity index (χ0n) is 12.8. The van der Waals surface area contributed by atoms with Crippen LogP contribution in [0, 0.1) is 0 Å². The topological polar surface area (TPSA) is 35.0 Å². The Morgan fingerprint density at radius 1 is 0.722 bits per heavy atom. The van der Waals surface area contributed by atoms with E-state index in [1.165, 1.54) is 77.0 Å². The fourth-order valence-electron chi connectivity index (χ4n) is 2.13. The lowest BCUT2D eigenvalue weighted by molar-refractivity contribution is 0.544. The van der Waals surface area contributed by atoms with E-state index >= 15 is 0 Å². The van der Waals surface area contributed by atoms with Gasteiger partial charge in [0.2, 0.25) is 0 Å². The van der Waals surface area contributed by atoms with Crippen LogP contribution in [0.15, 0.2) is 0 Å². The van der Waals surface area contributed by atoms with Crippen molar-refractivity contribution in [3.8, 4) is 0 Å². The van der Waals surface area contributed by atoms with Gasteiger partial charge in [0.05, 0.1) is 0 Å². The van der Waals surface area contributed by atoms with Gasteiger partial charge in [-0.05, 0) is 12.1 Å². The van der Waals surface area contributed by atoms with Gasteiger partial charge in [0.15, 0.2) is 0 Å². The predicted octanol–water partition coefficient (Wildman–Crippen LogP) is 6.53. The third-order valence-electron chi connectivity index (χ3n) is 3.26. The molecule has 0 radical (unpaired) electrons. The second kappa shape index (κ2) is 20.0. The van der Waals surface area contributed by atoms with Crippen molar-refractivity contribution in [2.75, 3.05) is 0 Å². The number of unbranched alkanes of at least 4 members (excludes halogenated alkanes) is 10. The van der Waals surface area contributed by atoms with Crippen LogP contribution in [-0.4, -0.2) is 5.66 Å². The third kappa shape index (κ3) is 21.9. The second-order valence-corrected chi connectivity index (χ2v) is 6.44. The molecule has 0 spiro atoms. The molecule has 0 rings (SSSR count). The maximum Gasteiger partial charge on any atom is -0.0293 e. The molecule has 0 aromatic heterocycles. The van der Waals surface area contributed by atoms with Crippen molar-refractivity contribution >= 4 is 21.6 Å². The van der Waals surface area contributed by atoms with Crippen molar-refractivity contribution in [2.24, 2.45) is 0 Å². The highest BCUT2D eigenvalue weighted by Crippen LogP contribution is 2.14. The van der Waals surface area contributed by atoms with E-state index < -0.39 is 0 Å². The molecule has 2 atom stereocenters. The van der Waals surface area contributed by atoms with Crippen molar-refractivity contribution in [1.82, 2.24) is 6.15 Å². The Balaban J connectivity index is -0.00000112. The Hall–Kier alpha value is 0.680. The van der Waals surface area contributed by atoms with E-state index in [0.29, 0.717) is 0 Å². The average molecular weight is 298 g/mol. The number of halogens is 1. The predicted molar refractivity (Wildman–Crippen MR) is 92.5 cm³/mol. The Morgan fingerprint density at radius 2 is 1.06 bits per heavy atom. The Kier molecular flexibility index (Phi) is 26.4. The summed E-state index contributed by atoms with van der Waals surface area (Å²) in [5.41, 5.74) is 0.818. The summed E-state index contributed by atoms with van der Waals surface area (Å²) >= 11 is 0. The zero-order chi connectivity index (χ0) is 12.1. The van der Waals surface area contributed by atoms with E-state index in [4.69, 9.17) is 0 Å². The number of hydrogen-bond donors (Lipinski definition) is 1. The number of rotatable bonds is 12. The van der Waals surface area contributed by atoms with Crippen LogP contribution in [0.2, 0.25) is 0 Å². The fourth-order valence-corrected chi connectivity index (χ4v) is 2.37.